The number of azo groups is 1. The van der Waals surface area contributed by atoms with E-state index in [9.17, 15) is 0 Å². The van der Waals surface area contributed by atoms with Crippen LogP contribution in [-0.2, 0) is 0 Å². The van der Waals surface area contributed by atoms with Gasteiger partial charge in [0.1, 0.15) is 0 Å². The Morgan fingerprint density at radius 2 is 1.82 bits per heavy atom. The van der Waals surface area contributed by atoms with Gasteiger partial charge in [-0.2, -0.15) is 10.2 Å². The van der Waals surface area contributed by atoms with E-state index in [1.54, 1.807) is 0 Å². The van der Waals surface area contributed by atoms with Crippen LogP contribution in [-0.4, -0.2) is 26.7 Å². The van der Waals surface area contributed by atoms with Gasteiger partial charge in [-0.3, -0.25) is 0 Å². The van der Waals surface area contributed by atoms with Gasteiger partial charge in [-0.05, 0) is 43.8 Å². The lowest BCUT2D eigenvalue weighted by atomic mass is 10.1. The molecule has 22 heavy (non-hydrogen) atoms. The van der Waals surface area contributed by atoms with Gasteiger partial charge in [0.25, 0.3) is 0 Å². The number of benzene rings is 1. The summed E-state index contributed by atoms with van der Waals surface area (Å²) in [7, 11) is 6.06. The summed E-state index contributed by atoms with van der Waals surface area (Å²) >= 11 is 0. The molecule has 1 aromatic carbocycles. The van der Waals surface area contributed by atoms with Crippen molar-refractivity contribution < 1.29 is 0 Å². The second-order valence-corrected chi connectivity index (χ2v) is 5.64. The van der Waals surface area contributed by atoms with E-state index in [1.165, 1.54) is 0 Å². The Morgan fingerprint density at radius 3 is 2.36 bits per heavy atom. The zero-order valence-electron chi connectivity index (χ0n) is 14.2. The number of rotatable bonds is 4. The highest BCUT2D eigenvalue weighted by molar-refractivity contribution is 5.51. The van der Waals surface area contributed by atoms with E-state index in [0.717, 1.165) is 23.5 Å². The summed E-state index contributed by atoms with van der Waals surface area (Å²) in [6.07, 6.45) is 7.63. The number of likely N-dealkylation sites (N-methyl/N-ethyl adjacent to an activating group) is 1. The van der Waals surface area contributed by atoms with E-state index in [0.29, 0.717) is 5.92 Å². The molecule has 2 aliphatic rings. The molecule has 1 fully saturated rings. The Hall–Kier alpha value is -1.94. The van der Waals surface area contributed by atoms with Crippen molar-refractivity contribution >= 4 is 11.4 Å². The smallest absolute Gasteiger partial charge is 0.0858 e. The lowest BCUT2D eigenvalue weighted by molar-refractivity contribution is 0.631. The highest BCUT2D eigenvalue weighted by Crippen LogP contribution is 2.48. The number of hydrogen-bond acceptors (Lipinski definition) is 4. The first kappa shape index (κ1) is 16.4. The molecule has 0 spiro atoms. The minimum atomic E-state index is 0.201. The van der Waals surface area contributed by atoms with Gasteiger partial charge < -0.3 is 10.2 Å². The number of anilines is 1. The van der Waals surface area contributed by atoms with Crippen LogP contribution in [0.5, 0.6) is 0 Å². The predicted molar refractivity (Wildman–Crippen MR) is 93.8 cm³/mol. The average molecular weight is 298 g/mol. The maximum Gasteiger partial charge on any atom is 0.0858 e. The molecule has 3 rings (SSSR count). The SMILES string of the molecule is CC.CNC12C=CC(N=Nc3ccc(N(C)C)cc3)=CC1C2. The minimum absolute atomic E-state index is 0.201. The molecule has 4 heteroatoms. The van der Waals surface area contributed by atoms with Crippen molar-refractivity contribution in [2.75, 3.05) is 26.0 Å². The van der Waals surface area contributed by atoms with E-state index in [4.69, 9.17) is 0 Å². The van der Waals surface area contributed by atoms with E-state index < -0.39 is 0 Å². The number of allylic oxidation sites excluding steroid dienone is 1. The zero-order chi connectivity index (χ0) is 16.2. The summed E-state index contributed by atoms with van der Waals surface area (Å²) in [4.78, 5) is 2.07. The molecule has 0 saturated heterocycles. The topological polar surface area (TPSA) is 40.0 Å². The van der Waals surface area contributed by atoms with Crippen molar-refractivity contribution in [1.82, 2.24) is 5.32 Å². The molecule has 118 valence electrons. The lowest BCUT2D eigenvalue weighted by Gasteiger charge is -2.13. The summed E-state index contributed by atoms with van der Waals surface area (Å²) in [5, 5.41) is 12.0. The second kappa shape index (κ2) is 6.88. The van der Waals surface area contributed by atoms with Gasteiger partial charge in [-0.25, -0.2) is 0 Å². The van der Waals surface area contributed by atoms with Crippen LogP contribution in [0.2, 0.25) is 0 Å². The molecular weight excluding hydrogens is 272 g/mol. The van der Waals surface area contributed by atoms with Gasteiger partial charge in [-0.1, -0.05) is 26.0 Å². The van der Waals surface area contributed by atoms with Gasteiger partial charge in [0, 0.05) is 31.2 Å². The van der Waals surface area contributed by atoms with Gasteiger partial charge in [0.05, 0.1) is 11.4 Å². The predicted octanol–water partition coefficient (Wildman–Crippen LogP) is 4.29. The van der Waals surface area contributed by atoms with Crippen LogP contribution in [0.3, 0.4) is 0 Å². The van der Waals surface area contributed by atoms with Crippen LogP contribution in [0.15, 0.2) is 58.4 Å². The molecule has 4 nitrogen and oxygen atoms in total. The Bertz CT molecular complexity index is 584. The Labute approximate surface area is 133 Å². The van der Waals surface area contributed by atoms with Crippen LogP contribution >= 0.6 is 0 Å². The maximum absolute atomic E-state index is 4.33. The third-order valence-electron chi connectivity index (χ3n) is 4.10. The first-order valence-corrected chi connectivity index (χ1v) is 7.92. The van der Waals surface area contributed by atoms with Crippen molar-refractivity contribution in [3.63, 3.8) is 0 Å². The summed E-state index contributed by atoms with van der Waals surface area (Å²) in [5.74, 6) is 0.572. The Kier molecular flexibility index (Phi) is 5.14. The Morgan fingerprint density at radius 1 is 1.14 bits per heavy atom. The largest absolute Gasteiger partial charge is 0.378 e. The maximum atomic E-state index is 4.33. The third kappa shape index (κ3) is 3.45. The summed E-state index contributed by atoms with van der Waals surface area (Å²) < 4.78 is 0. The minimum Gasteiger partial charge on any atom is -0.378 e. The molecule has 0 bridgehead atoms. The average Bonchev–Trinajstić information content (AvgIpc) is 3.29. The normalized spacial score (nSPS) is 25.1. The number of nitrogens with one attached hydrogen (secondary N) is 1. The molecule has 2 aliphatic carbocycles. The van der Waals surface area contributed by atoms with Crippen molar-refractivity contribution in [3.05, 3.63) is 48.2 Å². The standard InChI is InChI=1S/C16H20N4.C2H6/c1-17-16-9-8-14(10-12(16)11-16)19-18-13-4-6-15(7-5-13)20(2)3;1-2/h4-10,12,17H,11H2,1-3H3;1-2H3. The monoisotopic (exact) mass is 298 g/mol. The first-order valence-electron chi connectivity index (χ1n) is 7.92. The quantitative estimate of drug-likeness (QED) is 0.842. The molecule has 0 aliphatic heterocycles. The summed E-state index contributed by atoms with van der Waals surface area (Å²) in [6, 6.07) is 8.07. The number of nitrogens with zero attached hydrogens (tertiary/aromatic N) is 3. The van der Waals surface area contributed by atoms with Crippen LogP contribution in [0.4, 0.5) is 11.4 Å². The van der Waals surface area contributed by atoms with Gasteiger partial charge in [0.15, 0.2) is 0 Å². The molecule has 1 aromatic rings. The van der Waals surface area contributed by atoms with Crippen molar-refractivity contribution in [3.8, 4) is 0 Å². The highest BCUT2D eigenvalue weighted by atomic mass is 15.1. The van der Waals surface area contributed by atoms with Crippen LogP contribution in [0, 0.1) is 5.92 Å². The van der Waals surface area contributed by atoms with Gasteiger partial charge >= 0.3 is 0 Å². The zero-order valence-corrected chi connectivity index (χ0v) is 14.2. The number of hydrogen-bond donors (Lipinski definition) is 1. The molecule has 2 atom stereocenters. The van der Waals surface area contributed by atoms with E-state index in [2.05, 4.69) is 38.7 Å². The van der Waals surface area contributed by atoms with Crippen molar-refractivity contribution in [2.45, 2.75) is 25.8 Å². The van der Waals surface area contributed by atoms with Crippen molar-refractivity contribution in [2.24, 2.45) is 16.1 Å². The van der Waals surface area contributed by atoms with Crippen LogP contribution in [0.25, 0.3) is 0 Å². The van der Waals surface area contributed by atoms with Crippen LogP contribution < -0.4 is 10.2 Å². The highest BCUT2D eigenvalue weighted by Gasteiger charge is 2.51. The molecule has 0 aromatic heterocycles. The third-order valence-corrected chi connectivity index (χ3v) is 4.10. The molecule has 1 saturated carbocycles. The molecule has 2 unspecified atom stereocenters. The van der Waals surface area contributed by atoms with E-state index >= 15 is 0 Å². The lowest BCUT2D eigenvalue weighted by Crippen LogP contribution is -2.28. The molecule has 1 N–H and O–H groups in total. The fraction of sp³-hybridized carbons (Fsp3) is 0.444. The summed E-state index contributed by atoms with van der Waals surface area (Å²) in [6.45, 7) is 4.00. The molecule has 0 amide bonds. The van der Waals surface area contributed by atoms with E-state index in [1.807, 2.05) is 59.3 Å². The van der Waals surface area contributed by atoms with Crippen molar-refractivity contribution in [1.29, 1.82) is 0 Å². The summed E-state index contributed by atoms with van der Waals surface area (Å²) in [5.41, 5.74) is 3.20. The van der Waals surface area contributed by atoms with Gasteiger partial charge in [0.2, 0.25) is 0 Å². The van der Waals surface area contributed by atoms with E-state index in [-0.39, 0.29) is 5.54 Å². The molecular formula is C18H26N4. The molecule has 0 heterocycles. The Balaban J connectivity index is 0.000000847. The van der Waals surface area contributed by atoms with Gasteiger partial charge in [-0.15, -0.1) is 0 Å². The number of fused-ring (bicyclic) bond motifs is 1. The van der Waals surface area contributed by atoms with Crippen LogP contribution in [0.1, 0.15) is 20.3 Å². The fourth-order valence-corrected chi connectivity index (χ4v) is 2.57. The second-order valence-electron chi connectivity index (χ2n) is 5.64. The molecule has 0 radical (unpaired) electrons. The fourth-order valence-electron chi connectivity index (χ4n) is 2.57. The first-order chi connectivity index (χ1) is 10.6.